The zero-order chi connectivity index (χ0) is 17.1. The first-order valence-corrected chi connectivity index (χ1v) is 7.87. The number of rotatable bonds is 4. The summed E-state index contributed by atoms with van der Waals surface area (Å²) in [6.45, 7) is 3.90. The number of carbonyl (C=O) groups excluding carboxylic acids is 2. The lowest BCUT2D eigenvalue weighted by Gasteiger charge is -2.20. The Morgan fingerprint density at radius 1 is 0.583 bits per heavy atom. The molecular formula is C22H18O2. The molecule has 0 saturated carbocycles. The third kappa shape index (κ3) is 2.56. The molecule has 3 aromatic carbocycles. The summed E-state index contributed by atoms with van der Waals surface area (Å²) in [7, 11) is 0. The second kappa shape index (κ2) is 6.63. The SMILES string of the molecule is Cc1c(C)c(-c2ccccc2)c(-c2ccccc2)c(C=O)c1C=O. The van der Waals surface area contributed by atoms with E-state index in [1.165, 1.54) is 0 Å². The summed E-state index contributed by atoms with van der Waals surface area (Å²) in [6.07, 6.45) is 1.58. The second-order valence-electron chi connectivity index (χ2n) is 5.80. The van der Waals surface area contributed by atoms with Crippen molar-refractivity contribution in [1.82, 2.24) is 0 Å². The molecule has 2 heteroatoms. The molecule has 0 aliphatic heterocycles. The van der Waals surface area contributed by atoms with E-state index in [0.29, 0.717) is 11.1 Å². The largest absolute Gasteiger partial charge is 0.298 e. The number of carbonyl (C=O) groups is 2. The molecule has 24 heavy (non-hydrogen) atoms. The molecule has 0 N–H and O–H groups in total. The molecule has 0 fully saturated rings. The summed E-state index contributed by atoms with van der Waals surface area (Å²) in [5.74, 6) is 0. The zero-order valence-corrected chi connectivity index (χ0v) is 13.7. The molecule has 0 saturated heterocycles. The monoisotopic (exact) mass is 314 g/mol. The Morgan fingerprint density at radius 3 is 1.50 bits per heavy atom. The van der Waals surface area contributed by atoms with Crippen LogP contribution in [-0.2, 0) is 0 Å². The lowest BCUT2D eigenvalue weighted by Crippen LogP contribution is -2.04. The van der Waals surface area contributed by atoms with Gasteiger partial charge in [-0.1, -0.05) is 60.7 Å². The molecule has 0 aliphatic carbocycles. The van der Waals surface area contributed by atoms with Crippen LogP contribution in [0.4, 0.5) is 0 Å². The van der Waals surface area contributed by atoms with Crippen LogP contribution in [-0.4, -0.2) is 12.6 Å². The Morgan fingerprint density at radius 2 is 1.04 bits per heavy atom. The Kier molecular flexibility index (Phi) is 4.39. The molecule has 0 bridgehead atoms. The van der Waals surface area contributed by atoms with Crippen LogP contribution in [0.5, 0.6) is 0 Å². The first kappa shape index (κ1) is 15.9. The number of benzene rings is 3. The van der Waals surface area contributed by atoms with E-state index in [-0.39, 0.29) is 0 Å². The average molecular weight is 314 g/mol. The minimum absolute atomic E-state index is 0.457. The van der Waals surface area contributed by atoms with Crippen molar-refractivity contribution in [3.05, 3.63) is 82.9 Å². The molecular weight excluding hydrogens is 296 g/mol. The van der Waals surface area contributed by atoms with Crippen LogP contribution in [0.25, 0.3) is 22.3 Å². The first-order valence-electron chi connectivity index (χ1n) is 7.87. The smallest absolute Gasteiger partial charge is 0.151 e. The van der Waals surface area contributed by atoms with Gasteiger partial charge in [0.15, 0.2) is 12.6 Å². The van der Waals surface area contributed by atoms with E-state index in [0.717, 1.165) is 46.0 Å². The highest BCUT2D eigenvalue weighted by molar-refractivity contribution is 6.04. The van der Waals surface area contributed by atoms with Crippen molar-refractivity contribution in [3.8, 4) is 22.3 Å². The van der Waals surface area contributed by atoms with Gasteiger partial charge >= 0.3 is 0 Å². The van der Waals surface area contributed by atoms with E-state index >= 15 is 0 Å². The van der Waals surface area contributed by atoms with Crippen LogP contribution in [0.1, 0.15) is 31.8 Å². The van der Waals surface area contributed by atoms with Gasteiger partial charge in [-0.15, -0.1) is 0 Å². The molecule has 0 unspecified atom stereocenters. The van der Waals surface area contributed by atoms with E-state index in [4.69, 9.17) is 0 Å². The predicted molar refractivity (Wildman–Crippen MR) is 97.6 cm³/mol. The number of aldehydes is 2. The van der Waals surface area contributed by atoms with Gasteiger partial charge in [0.05, 0.1) is 0 Å². The molecule has 3 rings (SSSR count). The fraction of sp³-hybridized carbons (Fsp3) is 0.0909. The lowest BCUT2D eigenvalue weighted by atomic mass is 9.82. The van der Waals surface area contributed by atoms with Gasteiger partial charge in [-0.05, 0) is 41.7 Å². The Hall–Kier alpha value is -3.00. The minimum Gasteiger partial charge on any atom is -0.298 e. The molecule has 0 radical (unpaired) electrons. The third-order valence-electron chi connectivity index (χ3n) is 4.51. The molecule has 0 aliphatic rings. The molecule has 3 aromatic rings. The molecule has 0 amide bonds. The molecule has 0 heterocycles. The minimum atomic E-state index is 0.457. The van der Waals surface area contributed by atoms with Crippen LogP contribution < -0.4 is 0 Å². The van der Waals surface area contributed by atoms with Crippen LogP contribution >= 0.6 is 0 Å². The third-order valence-corrected chi connectivity index (χ3v) is 4.51. The maximum Gasteiger partial charge on any atom is 0.151 e. The Balaban J connectivity index is 2.50. The highest BCUT2D eigenvalue weighted by atomic mass is 16.1. The van der Waals surface area contributed by atoms with Crippen molar-refractivity contribution in [1.29, 1.82) is 0 Å². The quantitative estimate of drug-likeness (QED) is 0.615. The van der Waals surface area contributed by atoms with Crippen molar-refractivity contribution in [2.75, 3.05) is 0 Å². The fourth-order valence-corrected chi connectivity index (χ4v) is 3.19. The van der Waals surface area contributed by atoms with Gasteiger partial charge in [0.1, 0.15) is 0 Å². The fourth-order valence-electron chi connectivity index (χ4n) is 3.19. The van der Waals surface area contributed by atoms with Gasteiger partial charge in [-0.25, -0.2) is 0 Å². The van der Waals surface area contributed by atoms with Gasteiger partial charge in [0, 0.05) is 16.7 Å². The van der Waals surface area contributed by atoms with Crippen molar-refractivity contribution in [2.45, 2.75) is 13.8 Å². The maximum atomic E-state index is 11.9. The molecule has 2 nitrogen and oxygen atoms in total. The van der Waals surface area contributed by atoms with Gasteiger partial charge in [-0.3, -0.25) is 9.59 Å². The summed E-state index contributed by atoms with van der Waals surface area (Å²) >= 11 is 0. The molecule has 0 aromatic heterocycles. The number of hydrogen-bond acceptors (Lipinski definition) is 2. The van der Waals surface area contributed by atoms with Gasteiger partial charge in [0.25, 0.3) is 0 Å². The first-order chi connectivity index (χ1) is 11.7. The van der Waals surface area contributed by atoms with Gasteiger partial charge < -0.3 is 0 Å². The van der Waals surface area contributed by atoms with Crippen LogP contribution in [0, 0.1) is 13.8 Å². The van der Waals surface area contributed by atoms with E-state index in [9.17, 15) is 9.59 Å². The summed E-state index contributed by atoms with van der Waals surface area (Å²) in [6, 6.07) is 19.7. The van der Waals surface area contributed by atoms with Crippen LogP contribution in [0.3, 0.4) is 0 Å². The highest BCUT2D eigenvalue weighted by Gasteiger charge is 2.21. The molecule has 118 valence electrons. The van der Waals surface area contributed by atoms with Gasteiger partial charge in [0.2, 0.25) is 0 Å². The van der Waals surface area contributed by atoms with E-state index < -0.39 is 0 Å². The highest BCUT2D eigenvalue weighted by Crippen LogP contribution is 2.40. The van der Waals surface area contributed by atoms with Crippen molar-refractivity contribution < 1.29 is 9.59 Å². The van der Waals surface area contributed by atoms with E-state index in [2.05, 4.69) is 0 Å². The Labute approximate surface area is 141 Å². The summed E-state index contributed by atoms with van der Waals surface area (Å²) in [5.41, 5.74) is 6.61. The van der Waals surface area contributed by atoms with Crippen LogP contribution in [0.15, 0.2) is 60.7 Å². The summed E-state index contributed by atoms with van der Waals surface area (Å²) in [4.78, 5) is 23.5. The van der Waals surface area contributed by atoms with Crippen molar-refractivity contribution in [2.24, 2.45) is 0 Å². The predicted octanol–water partition coefficient (Wildman–Crippen LogP) is 5.26. The Bertz CT molecular complexity index is 895. The summed E-state index contributed by atoms with van der Waals surface area (Å²) in [5, 5.41) is 0. The number of hydrogen-bond donors (Lipinski definition) is 0. The van der Waals surface area contributed by atoms with Crippen molar-refractivity contribution >= 4 is 12.6 Å². The van der Waals surface area contributed by atoms with E-state index in [1.54, 1.807) is 0 Å². The van der Waals surface area contributed by atoms with Crippen LogP contribution in [0.2, 0.25) is 0 Å². The standard InChI is InChI=1S/C22H18O2/c1-15-16(2)21(17-9-5-3-6-10-17)22(18-11-7-4-8-12-18)20(14-24)19(15)13-23/h3-14H,1-2H3. The zero-order valence-electron chi connectivity index (χ0n) is 13.7. The molecule has 0 atom stereocenters. The van der Waals surface area contributed by atoms with Gasteiger partial charge in [-0.2, -0.15) is 0 Å². The second-order valence-corrected chi connectivity index (χ2v) is 5.80. The van der Waals surface area contributed by atoms with Crippen molar-refractivity contribution in [3.63, 3.8) is 0 Å². The topological polar surface area (TPSA) is 34.1 Å². The lowest BCUT2D eigenvalue weighted by molar-refractivity contribution is 0.109. The van der Waals surface area contributed by atoms with E-state index in [1.807, 2.05) is 74.5 Å². The summed E-state index contributed by atoms with van der Waals surface area (Å²) < 4.78 is 0. The molecule has 0 spiro atoms. The normalized spacial score (nSPS) is 10.4. The maximum absolute atomic E-state index is 11.9. The average Bonchev–Trinajstić information content (AvgIpc) is 2.64.